The van der Waals surface area contributed by atoms with E-state index in [0.717, 1.165) is 16.3 Å². The standard InChI is InChI=1S/C23H19BrN4O3/c1-15-17(13-25)21(29)28(12-11-16-7-3-2-4-8-16)22(30)18(15)14-26-23(31)27-20-10-6-5-9-19(20)24/h2-10,14,30H,11-12H2,1H3,(H,27,31). The van der Waals surface area contributed by atoms with Crippen LogP contribution in [0, 0.1) is 18.3 Å². The lowest BCUT2D eigenvalue weighted by atomic mass is 10.1. The largest absolute Gasteiger partial charge is 0.494 e. The molecule has 0 unspecified atom stereocenters. The fraction of sp³-hybridized carbons (Fsp3) is 0.130. The normalized spacial score (nSPS) is 10.7. The Labute approximate surface area is 187 Å². The second kappa shape index (κ2) is 9.87. The number of nitrogens with one attached hydrogen (secondary N) is 1. The first-order valence-electron chi connectivity index (χ1n) is 9.42. The second-order valence-corrected chi connectivity index (χ2v) is 7.56. The highest BCUT2D eigenvalue weighted by molar-refractivity contribution is 9.10. The number of aromatic hydroxyl groups is 1. The highest BCUT2D eigenvalue weighted by atomic mass is 79.9. The van der Waals surface area contributed by atoms with Gasteiger partial charge in [-0.15, -0.1) is 0 Å². The molecule has 8 heteroatoms. The fourth-order valence-corrected chi connectivity index (χ4v) is 3.44. The number of hydrogen-bond acceptors (Lipinski definition) is 4. The van der Waals surface area contributed by atoms with E-state index in [9.17, 15) is 20.0 Å². The molecular weight excluding hydrogens is 460 g/mol. The van der Waals surface area contributed by atoms with Gasteiger partial charge in [-0.25, -0.2) is 9.79 Å². The molecule has 156 valence electrons. The number of aromatic nitrogens is 1. The van der Waals surface area contributed by atoms with E-state index in [4.69, 9.17) is 0 Å². The number of aryl methyl sites for hydroxylation is 1. The molecule has 0 aliphatic heterocycles. The SMILES string of the molecule is Cc1c(C=NC(=O)Nc2ccccc2Br)c(O)n(CCc2ccccc2)c(=O)c1C#N. The van der Waals surface area contributed by atoms with E-state index in [-0.39, 0.29) is 29.1 Å². The Morgan fingerprint density at radius 3 is 2.58 bits per heavy atom. The molecule has 0 aliphatic rings. The average Bonchev–Trinajstić information content (AvgIpc) is 2.76. The summed E-state index contributed by atoms with van der Waals surface area (Å²) in [6.07, 6.45) is 1.65. The van der Waals surface area contributed by atoms with Crippen molar-refractivity contribution in [3.63, 3.8) is 0 Å². The van der Waals surface area contributed by atoms with Crippen LogP contribution in [-0.4, -0.2) is 21.9 Å². The summed E-state index contributed by atoms with van der Waals surface area (Å²) in [6, 6.07) is 17.8. The third-order valence-electron chi connectivity index (χ3n) is 4.74. The maximum Gasteiger partial charge on any atom is 0.345 e. The number of nitriles is 1. The number of urea groups is 1. The zero-order valence-corrected chi connectivity index (χ0v) is 18.3. The molecule has 0 fully saturated rings. The van der Waals surface area contributed by atoms with E-state index in [1.165, 1.54) is 6.92 Å². The van der Waals surface area contributed by atoms with Crippen molar-refractivity contribution in [2.24, 2.45) is 4.99 Å². The minimum absolute atomic E-state index is 0.0986. The van der Waals surface area contributed by atoms with Crippen LogP contribution in [0.4, 0.5) is 10.5 Å². The van der Waals surface area contributed by atoms with Gasteiger partial charge in [-0.05, 0) is 52.5 Å². The summed E-state index contributed by atoms with van der Waals surface area (Å²) in [6.45, 7) is 1.71. The minimum Gasteiger partial charge on any atom is -0.494 e. The maximum absolute atomic E-state index is 12.7. The number of rotatable bonds is 5. The van der Waals surface area contributed by atoms with Crippen LogP contribution >= 0.6 is 15.9 Å². The summed E-state index contributed by atoms with van der Waals surface area (Å²) in [5, 5.41) is 22.8. The molecule has 2 N–H and O–H groups in total. The quantitative estimate of drug-likeness (QED) is 0.530. The van der Waals surface area contributed by atoms with Crippen molar-refractivity contribution in [1.82, 2.24) is 4.57 Å². The molecule has 1 aromatic heterocycles. The smallest absolute Gasteiger partial charge is 0.345 e. The zero-order chi connectivity index (χ0) is 22.4. The van der Waals surface area contributed by atoms with Crippen molar-refractivity contribution < 1.29 is 9.90 Å². The predicted octanol–water partition coefficient (Wildman–Crippen LogP) is 4.39. The van der Waals surface area contributed by atoms with Gasteiger partial charge in [-0.1, -0.05) is 42.5 Å². The lowest BCUT2D eigenvalue weighted by Crippen LogP contribution is -2.26. The third kappa shape index (κ3) is 5.08. The van der Waals surface area contributed by atoms with Gasteiger partial charge in [-0.3, -0.25) is 9.36 Å². The lowest BCUT2D eigenvalue weighted by Gasteiger charge is -2.14. The van der Waals surface area contributed by atoms with Gasteiger partial charge in [0.15, 0.2) is 0 Å². The number of nitrogens with zero attached hydrogens (tertiary/aromatic N) is 3. The number of hydrogen-bond donors (Lipinski definition) is 2. The molecule has 2 amide bonds. The molecular formula is C23H19BrN4O3. The highest BCUT2D eigenvalue weighted by Crippen LogP contribution is 2.22. The molecule has 0 radical (unpaired) electrons. The van der Waals surface area contributed by atoms with Gasteiger partial charge >= 0.3 is 6.03 Å². The Hall–Kier alpha value is -3.70. The van der Waals surface area contributed by atoms with Gasteiger partial charge in [0.2, 0.25) is 5.88 Å². The van der Waals surface area contributed by atoms with Crippen molar-refractivity contribution >= 4 is 33.9 Å². The molecule has 31 heavy (non-hydrogen) atoms. The Balaban J connectivity index is 1.91. The summed E-state index contributed by atoms with van der Waals surface area (Å²) >= 11 is 3.34. The number of para-hydroxylation sites is 1. The Bertz CT molecular complexity index is 1240. The van der Waals surface area contributed by atoms with Crippen LogP contribution in [0.15, 0.2) is 68.9 Å². The number of amides is 2. The number of carbonyl (C=O) groups excluding carboxylic acids is 1. The Morgan fingerprint density at radius 1 is 1.23 bits per heavy atom. The zero-order valence-electron chi connectivity index (χ0n) is 16.7. The summed E-state index contributed by atoms with van der Waals surface area (Å²) in [5.41, 5.74) is 1.25. The fourth-order valence-electron chi connectivity index (χ4n) is 3.05. The van der Waals surface area contributed by atoms with Gasteiger partial charge < -0.3 is 10.4 Å². The molecule has 0 saturated carbocycles. The molecule has 3 rings (SSSR count). The van der Waals surface area contributed by atoms with Crippen LogP contribution < -0.4 is 10.9 Å². The number of anilines is 1. The summed E-state index contributed by atoms with van der Waals surface area (Å²) in [5.74, 6) is -0.338. The summed E-state index contributed by atoms with van der Waals surface area (Å²) in [4.78, 5) is 28.8. The van der Waals surface area contributed by atoms with Crippen molar-refractivity contribution in [3.8, 4) is 11.9 Å². The number of benzene rings is 2. The Morgan fingerprint density at radius 2 is 1.90 bits per heavy atom. The van der Waals surface area contributed by atoms with Crippen molar-refractivity contribution in [2.75, 3.05) is 5.32 Å². The van der Waals surface area contributed by atoms with Crippen LogP contribution in [0.1, 0.15) is 22.3 Å². The first-order valence-corrected chi connectivity index (χ1v) is 10.2. The summed E-state index contributed by atoms with van der Waals surface area (Å²) in [7, 11) is 0. The molecule has 0 bridgehead atoms. The Kier molecular flexibility index (Phi) is 7.00. The van der Waals surface area contributed by atoms with Gasteiger partial charge in [-0.2, -0.15) is 5.26 Å². The monoisotopic (exact) mass is 478 g/mol. The van der Waals surface area contributed by atoms with E-state index in [1.54, 1.807) is 18.2 Å². The topological polar surface area (TPSA) is 107 Å². The molecule has 7 nitrogen and oxygen atoms in total. The number of aliphatic imine (C=N–C) groups is 1. The number of pyridine rings is 1. The first kappa shape index (κ1) is 22.0. The molecule has 1 heterocycles. The van der Waals surface area contributed by atoms with Gasteiger partial charge in [0, 0.05) is 17.2 Å². The molecule has 0 atom stereocenters. The van der Waals surface area contributed by atoms with Crippen LogP contribution in [0.5, 0.6) is 5.88 Å². The van der Waals surface area contributed by atoms with Crippen LogP contribution in [0.2, 0.25) is 0 Å². The maximum atomic E-state index is 12.7. The molecule has 3 aromatic rings. The van der Waals surface area contributed by atoms with Gasteiger partial charge in [0.1, 0.15) is 11.6 Å². The van der Waals surface area contributed by atoms with Crippen LogP contribution in [0.25, 0.3) is 0 Å². The van der Waals surface area contributed by atoms with Crippen molar-refractivity contribution in [3.05, 3.63) is 91.7 Å². The lowest BCUT2D eigenvalue weighted by molar-refractivity contribution is 0.259. The highest BCUT2D eigenvalue weighted by Gasteiger charge is 2.18. The second-order valence-electron chi connectivity index (χ2n) is 6.71. The van der Waals surface area contributed by atoms with Crippen LogP contribution in [0.3, 0.4) is 0 Å². The van der Waals surface area contributed by atoms with E-state index < -0.39 is 11.6 Å². The minimum atomic E-state index is -0.661. The van der Waals surface area contributed by atoms with Crippen molar-refractivity contribution in [2.45, 2.75) is 19.9 Å². The molecule has 0 spiro atoms. The molecule has 0 saturated heterocycles. The average molecular weight is 479 g/mol. The van der Waals surface area contributed by atoms with Gasteiger partial charge in [0.05, 0.1) is 11.3 Å². The van der Waals surface area contributed by atoms with Crippen LogP contribution in [-0.2, 0) is 13.0 Å². The molecule has 2 aromatic carbocycles. The third-order valence-corrected chi connectivity index (χ3v) is 5.43. The van der Waals surface area contributed by atoms with E-state index in [1.807, 2.05) is 42.5 Å². The molecule has 0 aliphatic carbocycles. The van der Waals surface area contributed by atoms with Crippen molar-refractivity contribution in [1.29, 1.82) is 5.26 Å². The van der Waals surface area contributed by atoms with E-state index >= 15 is 0 Å². The van der Waals surface area contributed by atoms with E-state index in [0.29, 0.717) is 16.6 Å². The van der Waals surface area contributed by atoms with Gasteiger partial charge in [0.25, 0.3) is 5.56 Å². The number of halogens is 1. The predicted molar refractivity (Wildman–Crippen MR) is 123 cm³/mol. The summed E-state index contributed by atoms with van der Waals surface area (Å²) < 4.78 is 1.82. The number of carbonyl (C=O) groups is 1. The first-order chi connectivity index (χ1) is 14.9. The van der Waals surface area contributed by atoms with E-state index in [2.05, 4.69) is 26.2 Å².